The summed E-state index contributed by atoms with van der Waals surface area (Å²) in [5.41, 5.74) is 1.37. The summed E-state index contributed by atoms with van der Waals surface area (Å²) in [5.74, 6) is -0.164. The molecule has 1 aromatic carbocycles. The maximum Gasteiger partial charge on any atom is 0.225 e. The lowest BCUT2D eigenvalue weighted by atomic mass is 10.2. The van der Waals surface area contributed by atoms with Gasteiger partial charge in [-0.15, -0.1) is 0 Å². The number of nitrogens with one attached hydrogen (secondary N) is 3. The fourth-order valence-corrected chi connectivity index (χ4v) is 1.73. The second kappa shape index (κ2) is 9.09. The van der Waals surface area contributed by atoms with Crippen molar-refractivity contribution in [1.82, 2.24) is 5.32 Å². The van der Waals surface area contributed by atoms with Gasteiger partial charge in [0.2, 0.25) is 11.8 Å². The van der Waals surface area contributed by atoms with Crippen LogP contribution in [-0.4, -0.2) is 24.9 Å². The second-order valence-electron chi connectivity index (χ2n) is 4.66. The average molecular weight is 277 g/mol. The molecule has 1 aromatic rings. The van der Waals surface area contributed by atoms with Gasteiger partial charge in [0.1, 0.15) is 0 Å². The van der Waals surface area contributed by atoms with Gasteiger partial charge in [0.05, 0.1) is 0 Å². The van der Waals surface area contributed by atoms with Gasteiger partial charge in [-0.25, -0.2) is 0 Å². The smallest absolute Gasteiger partial charge is 0.225 e. The molecular weight excluding hydrogens is 254 g/mol. The van der Waals surface area contributed by atoms with Gasteiger partial charge in [0, 0.05) is 31.3 Å². The predicted molar refractivity (Wildman–Crippen MR) is 81.8 cm³/mol. The van der Waals surface area contributed by atoms with Crippen molar-refractivity contribution < 1.29 is 9.59 Å². The van der Waals surface area contributed by atoms with E-state index in [1.165, 1.54) is 6.92 Å². The fourth-order valence-electron chi connectivity index (χ4n) is 1.73. The molecule has 110 valence electrons. The van der Waals surface area contributed by atoms with Gasteiger partial charge in [-0.05, 0) is 31.2 Å². The lowest BCUT2D eigenvalue weighted by molar-refractivity contribution is -0.116. The van der Waals surface area contributed by atoms with E-state index >= 15 is 0 Å². The van der Waals surface area contributed by atoms with E-state index in [-0.39, 0.29) is 11.8 Å². The molecule has 0 aromatic heterocycles. The lowest BCUT2D eigenvalue weighted by Gasteiger charge is -2.08. The molecule has 0 saturated heterocycles. The first kappa shape index (κ1) is 16.2. The normalized spacial score (nSPS) is 10.1. The molecule has 20 heavy (non-hydrogen) atoms. The standard InChI is InChI=1S/C15H23N3O2/c1-3-4-9-16-10-8-15(20)18-14-7-5-6-13(11-14)17-12(2)19/h5-7,11,16H,3-4,8-10H2,1-2H3,(H,17,19)(H,18,20). The van der Waals surface area contributed by atoms with Crippen molar-refractivity contribution in [2.24, 2.45) is 0 Å². The molecule has 3 N–H and O–H groups in total. The number of unbranched alkanes of at least 4 members (excludes halogenated alkanes) is 1. The van der Waals surface area contributed by atoms with E-state index in [0.29, 0.717) is 24.3 Å². The third-order valence-electron chi connectivity index (χ3n) is 2.70. The first-order valence-electron chi connectivity index (χ1n) is 7.00. The van der Waals surface area contributed by atoms with Crippen LogP contribution in [0.15, 0.2) is 24.3 Å². The molecule has 0 aliphatic carbocycles. The molecular formula is C15H23N3O2. The van der Waals surface area contributed by atoms with Crippen molar-refractivity contribution in [2.45, 2.75) is 33.1 Å². The molecule has 2 amide bonds. The maximum atomic E-state index is 11.7. The zero-order chi connectivity index (χ0) is 14.8. The number of rotatable bonds is 8. The van der Waals surface area contributed by atoms with Crippen LogP contribution in [0.25, 0.3) is 0 Å². The SMILES string of the molecule is CCCCNCCC(=O)Nc1cccc(NC(C)=O)c1. The summed E-state index contributed by atoms with van der Waals surface area (Å²) in [7, 11) is 0. The number of amides is 2. The molecule has 0 bridgehead atoms. The van der Waals surface area contributed by atoms with E-state index in [1.807, 2.05) is 0 Å². The number of carbonyl (C=O) groups excluding carboxylic acids is 2. The number of carbonyl (C=O) groups is 2. The maximum absolute atomic E-state index is 11.7. The van der Waals surface area contributed by atoms with Crippen molar-refractivity contribution in [1.29, 1.82) is 0 Å². The van der Waals surface area contributed by atoms with Gasteiger partial charge in [-0.2, -0.15) is 0 Å². The minimum absolute atomic E-state index is 0.0334. The Kier molecular flexibility index (Phi) is 7.35. The molecule has 1 rings (SSSR count). The number of anilines is 2. The molecule has 0 aliphatic rings. The van der Waals surface area contributed by atoms with E-state index in [9.17, 15) is 9.59 Å². The van der Waals surface area contributed by atoms with Gasteiger partial charge in [0.15, 0.2) is 0 Å². The molecule has 5 nitrogen and oxygen atoms in total. The summed E-state index contributed by atoms with van der Waals surface area (Å²) in [6.07, 6.45) is 2.71. The Labute approximate surface area is 120 Å². The first-order valence-corrected chi connectivity index (χ1v) is 7.00. The van der Waals surface area contributed by atoms with Crippen molar-refractivity contribution in [3.8, 4) is 0 Å². The summed E-state index contributed by atoms with van der Waals surface area (Å²) in [6, 6.07) is 7.11. The monoisotopic (exact) mass is 277 g/mol. The Balaban J connectivity index is 2.36. The van der Waals surface area contributed by atoms with E-state index < -0.39 is 0 Å². The van der Waals surface area contributed by atoms with Crippen LogP contribution in [0.5, 0.6) is 0 Å². The number of hydrogen-bond acceptors (Lipinski definition) is 3. The zero-order valence-electron chi connectivity index (χ0n) is 12.2. The van der Waals surface area contributed by atoms with E-state index in [1.54, 1.807) is 24.3 Å². The minimum atomic E-state index is -0.131. The molecule has 0 fully saturated rings. The van der Waals surface area contributed by atoms with Crippen molar-refractivity contribution in [3.05, 3.63) is 24.3 Å². The Morgan fingerprint density at radius 1 is 1.10 bits per heavy atom. The highest BCUT2D eigenvalue weighted by molar-refractivity contribution is 5.93. The third kappa shape index (κ3) is 6.89. The van der Waals surface area contributed by atoms with Gasteiger partial charge >= 0.3 is 0 Å². The summed E-state index contributed by atoms with van der Waals surface area (Å²) in [4.78, 5) is 22.7. The summed E-state index contributed by atoms with van der Waals surface area (Å²) in [5, 5.41) is 8.72. The van der Waals surface area contributed by atoms with Crippen molar-refractivity contribution >= 4 is 23.2 Å². The molecule has 0 saturated carbocycles. The highest BCUT2D eigenvalue weighted by Gasteiger charge is 2.03. The van der Waals surface area contributed by atoms with Crippen LogP contribution in [0.3, 0.4) is 0 Å². The van der Waals surface area contributed by atoms with Crippen LogP contribution in [-0.2, 0) is 9.59 Å². The van der Waals surface area contributed by atoms with Crippen LogP contribution >= 0.6 is 0 Å². The topological polar surface area (TPSA) is 70.2 Å². The Morgan fingerprint density at radius 3 is 2.45 bits per heavy atom. The number of benzene rings is 1. The largest absolute Gasteiger partial charge is 0.326 e. The zero-order valence-corrected chi connectivity index (χ0v) is 12.2. The van der Waals surface area contributed by atoms with Crippen LogP contribution in [0, 0.1) is 0 Å². The fraction of sp³-hybridized carbons (Fsp3) is 0.467. The van der Waals surface area contributed by atoms with Crippen molar-refractivity contribution in [3.63, 3.8) is 0 Å². The first-order chi connectivity index (χ1) is 9.61. The molecule has 0 radical (unpaired) electrons. The molecule has 0 spiro atoms. The molecule has 0 aliphatic heterocycles. The van der Waals surface area contributed by atoms with Crippen molar-refractivity contribution in [2.75, 3.05) is 23.7 Å². The minimum Gasteiger partial charge on any atom is -0.326 e. The van der Waals surface area contributed by atoms with Crippen LogP contribution in [0.4, 0.5) is 11.4 Å². The molecule has 0 atom stereocenters. The highest BCUT2D eigenvalue weighted by atomic mass is 16.2. The van der Waals surface area contributed by atoms with Gasteiger partial charge in [-0.1, -0.05) is 19.4 Å². The molecule has 0 unspecified atom stereocenters. The molecule has 5 heteroatoms. The summed E-state index contributed by atoms with van der Waals surface area (Å²) >= 11 is 0. The summed E-state index contributed by atoms with van der Waals surface area (Å²) < 4.78 is 0. The summed E-state index contributed by atoms with van der Waals surface area (Å²) in [6.45, 7) is 5.21. The van der Waals surface area contributed by atoms with Crippen LogP contribution in [0.1, 0.15) is 33.1 Å². The van der Waals surface area contributed by atoms with Crippen LogP contribution < -0.4 is 16.0 Å². The quantitative estimate of drug-likeness (QED) is 0.639. The van der Waals surface area contributed by atoms with E-state index in [0.717, 1.165) is 19.4 Å². The second-order valence-corrected chi connectivity index (χ2v) is 4.66. The Bertz CT molecular complexity index is 446. The van der Waals surface area contributed by atoms with Gasteiger partial charge < -0.3 is 16.0 Å². The highest BCUT2D eigenvalue weighted by Crippen LogP contribution is 2.15. The predicted octanol–water partition coefficient (Wildman–Crippen LogP) is 2.36. The van der Waals surface area contributed by atoms with Crippen LogP contribution in [0.2, 0.25) is 0 Å². The third-order valence-corrected chi connectivity index (χ3v) is 2.70. The molecule has 0 heterocycles. The van der Waals surface area contributed by atoms with Gasteiger partial charge in [0.25, 0.3) is 0 Å². The van der Waals surface area contributed by atoms with Gasteiger partial charge in [-0.3, -0.25) is 9.59 Å². The average Bonchev–Trinajstić information content (AvgIpc) is 2.38. The number of hydrogen-bond donors (Lipinski definition) is 3. The Morgan fingerprint density at radius 2 is 1.80 bits per heavy atom. The Hall–Kier alpha value is -1.88. The van der Waals surface area contributed by atoms with E-state index in [2.05, 4.69) is 22.9 Å². The van der Waals surface area contributed by atoms with E-state index in [4.69, 9.17) is 0 Å². The lowest BCUT2D eigenvalue weighted by Crippen LogP contribution is -2.22.